The molecule has 22 heavy (non-hydrogen) atoms. The second-order valence-corrected chi connectivity index (χ2v) is 5.01. The summed E-state index contributed by atoms with van der Waals surface area (Å²) in [5.41, 5.74) is 1.20. The van der Waals surface area contributed by atoms with Gasteiger partial charge in [0.2, 0.25) is 0 Å². The molecule has 0 saturated heterocycles. The summed E-state index contributed by atoms with van der Waals surface area (Å²) in [6.45, 7) is 5.95. The Morgan fingerprint density at radius 1 is 1.00 bits per heavy atom. The Balaban J connectivity index is 0.000000542. The van der Waals surface area contributed by atoms with Gasteiger partial charge in [0, 0.05) is 24.4 Å². The monoisotopic (exact) mass is 470 g/mol. The molecule has 2 aliphatic carbocycles. The molecule has 1 aromatic heterocycles. The number of halogens is 2. The van der Waals surface area contributed by atoms with Crippen LogP contribution < -0.4 is 28.5 Å². The van der Waals surface area contributed by atoms with Crippen molar-refractivity contribution in [2.24, 2.45) is 0 Å². The molecule has 2 aliphatic rings. The van der Waals surface area contributed by atoms with Gasteiger partial charge in [-0.3, -0.25) is 0 Å². The zero-order valence-electron chi connectivity index (χ0n) is 12.7. The van der Waals surface area contributed by atoms with Crippen LogP contribution in [0.25, 0.3) is 0 Å². The Morgan fingerprint density at radius 3 is 1.91 bits per heavy atom. The topological polar surface area (TPSA) is 8.81 Å². The van der Waals surface area contributed by atoms with Gasteiger partial charge in [0.1, 0.15) is 11.9 Å². The van der Waals surface area contributed by atoms with E-state index in [2.05, 4.69) is 42.0 Å². The first-order valence-electron chi connectivity index (χ1n) is 6.84. The van der Waals surface area contributed by atoms with Crippen molar-refractivity contribution in [1.29, 1.82) is 0 Å². The van der Waals surface area contributed by atoms with E-state index in [0.29, 0.717) is 0 Å². The van der Waals surface area contributed by atoms with E-state index in [1.807, 2.05) is 44.9 Å². The molecule has 3 rings (SSSR count). The predicted octanol–water partition coefficient (Wildman–Crippen LogP) is 0.186. The molecular weight excluding hydrogens is 450 g/mol. The number of rotatable bonds is 3. The second kappa shape index (κ2) is 12.2. The van der Waals surface area contributed by atoms with E-state index >= 15 is 0 Å². The van der Waals surface area contributed by atoms with Crippen molar-refractivity contribution in [3.05, 3.63) is 80.9 Å². The van der Waals surface area contributed by atoms with Crippen molar-refractivity contribution < 1.29 is 45.6 Å². The summed E-state index contributed by atoms with van der Waals surface area (Å²) >= 11 is 6.27. The van der Waals surface area contributed by atoms with Crippen LogP contribution >= 0.6 is 11.6 Å². The van der Waals surface area contributed by atoms with Crippen LogP contribution in [0.3, 0.4) is 0 Å². The first-order valence-corrected chi connectivity index (χ1v) is 7.22. The van der Waals surface area contributed by atoms with Gasteiger partial charge >= 0.3 is 22.4 Å². The van der Waals surface area contributed by atoms with E-state index in [-0.39, 0.29) is 41.0 Å². The molecule has 1 heterocycles. The third-order valence-corrected chi connectivity index (χ3v) is 3.61. The number of imidazole rings is 1. The van der Waals surface area contributed by atoms with Crippen LogP contribution in [0.1, 0.15) is 12.6 Å². The Bertz CT molecular complexity index is 405. The van der Waals surface area contributed by atoms with Gasteiger partial charge in [-0.2, -0.15) is 0 Å². The van der Waals surface area contributed by atoms with Crippen molar-refractivity contribution in [2.75, 3.05) is 0 Å². The van der Waals surface area contributed by atoms with E-state index in [4.69, 9.17) is 11.6 Å². The third-order valence-electron chi connectivity index (χ3n) is 3.18. The summed E-state index contributed by atoms with van der Waals surface area (Å²) in [5, 5.41) is 0.802. The predicted molar refractivity (Wildman–Crippen MR) is 82.0 cm³/mol. The van der Waals surface area contributed by atoms with Crippen LogP contribution in [0.15, 0.2) is 6.20 Å². The van der Waals surface area contributed by atoms with E-state index in [1.165, 1.54) is 11.6 Å². The normalized spacial score (nSPS) is 17.4. The molecule has 118 valence electrons. The molecule has 2 fully saturated rings. The molecular formula is C17H20ClFeIN2+2. The van der Waals surface area contributed by atoms with Crippen LogP contribution in [-0.2, 0) is 30.2 Å². The maximum atomic E-state index is 6.27. The first kappa shape index (κ1) is 22.7. The van der Waals surface area contributed by atoms with Crippen LogP contribution in [0, 0.1) is 70.6 Å². The smallest absolute Gasteiger partial charge is 1.00 e. The molecule has 2 saturated carbocycles. The molecule has 0 unspecified atom stereocenters. The van der Waals surface area contributed by atoms with E-state index in [9.17, 15) is 0 Å². The van der Waals surface area contributed by atoms with Crippen molar-refractivity contribution >= 4 is 11.6 Å². The standard InChI is InChI=1S/C12H15ClN2.C5H5.Fe.HI/c1-3-15-10(2)8-14(12(15)13)9-11-6-4-5-7-11;1-2-4-5-3-1;;/h4-8H,3,9H2,1-2H3;1-5H;;1H/q+1;;+2;/p-1. The van der Waals surface area contributed by atoms with Crippen molar-refractivity contribution in [3.8, 4) is 0 Å². The average molecular weight is 471 g/mol. The molecule has 0 amide bonds. The van der Waals surface area contributed by atoms with Gasteiger partial charge in [-0.25, -0.2) is 9.13 Å². The van der Waals surface area contributed by atoms with Crippen LogP contribution in [-0.4, -0.2) is 4.57 Å². The van der Waals surface area contributed by atoms with Gasteiger partial charge in [0.15, 0.2) is 0 Å². The van der Waals surface area contributed by atoms with Crippen LogP contribution in [0.5, 0.6) is 0 Å². The third kappa shape index (κ3) is 6.70. The molecule has 0 N–H and O–H groups in total. The van der Waals surface area contributed by atoms with Crippen molar-refractivity contribution in [2.45, 2.75) is 26.9 Å². The summed E-state index contributed by atoms with van der Waals surface area (Å²) in [4.78, 5) is 0. The van der Waals surface area contributed by atoms with Gasteiger partial charge in [0.05, 0.1) is 13.1 Å². The van der Waals surface area contributed by atoms with Crippen molar-refractivity contribution in [1.82, 2.24) is 4.57 Å². The first-order chi connectivity index (χ1) is 9.72. The second-order valence-electron chi connectivity index (χ2n) is 4.67. The van der Waals surface area contributed by atoms with Crippen LogP contribution in [0.4, 0.5) is 0 Å². The summed E-state index contributed by atoms with van der Waals surface area (Å²) in [6.07, 6.45) is 20.4. The van der Waals surface area contributed by atoms with Gasteiger partial charge in [-0.15, -0.1) is 0 Å². The maximum absolute atomic E-state index is 6.27. The fraction of sp³-hybridized carbons (Fsp3) is 0.235. The molecule has 1 aromatic rings. The fourth-order valence-electron chi connectivity index (χ4n) is 2.18. The van der Waals surface area contributed by atoms with Crippen LogP contribution in [0.2, 0.25) is 5.28 Å². The Morgan fingerprint density at radius 2 is 1.50 bits per heavy atom. The summed E-state index contributed by atoms with van der Waals surface area (Å²) < 4.78 is 4.18. The minimum Gasteiger partial charge on any atom is -1.00 e. The van der Waals surface area contributed by atoms with E-state index in [0.717, 1.165) is 18.4 Å². The number of hydrogen-bond acceptors (Lipinski definition) is 0. The largest absolute Gasteiger partial charge is 2.00 e. The molecule has 5 heteroatoms. The van der Waals surface area contributed by atoms with E-state index < -0.39 is 0 Å². The zero-order valence-corrected chi connectivity index (χ0v) is 16.7. The van der Waals surface area contributed by atoms with Gasteiger partial charge in [0.25, 0.3) is 0 Å². The van der Waals surface area contributed by atoms with Crippen molar-refractivity contribution in [3.63, 3.8) is 0 Å². The number of nitrogens with zero attached hydrogens (tertiary/aromatic N) is 2. The Labute approximate surface area is 168 Å². The number of aryl methyl sites for hydroxylation is 1. The zero-order chi connectivity index (χ0) is 14.4. The molecule has 0 bridgehead atoms. The number of aromatic nitrogens is 2. The van der Waals surface area contributed by atoms with Gasteiger partial charge in [-0.1, -0.05) is 0 Å². The van der Waals surface area contributed by atoms with Gasteiger partial charge < -0.3 is 24.0 Å². The maximum Gasteiger partial charge on any atom is 2.00 e. The summed E-state index contributed by atoms with van der Waals surface area (Å²) in [5.74, 6) is 1.29. The summed E-state index contributed by atoms with van der Waals surface area (Å²) in [7, 11) is 0. The minimum atomic E-state index is 0. The Hall–Kier alpha value is 0.749. The minimum absolute atomic E-state index is 0. The summed E-state index contributed by atoms with van der Waals surface area (Å²) in [6, 6.07) is 0. The van der Waals surface area contributed by atoms with E-state index in [1.54, 1.807) is 0 Å². The SMILES string of the molecule is CCn1c(C)c[n+](C[C]2[CH][CH][CH][CH]2)c1Cl.[CH]1[CH][CH][CH][CH]1.[Fe+2].[I-]. The van der Waals surface area contributed by atoms with Gasteiger partial charge in [-0.05, 0) is 64.7 Å². The molecule has 2 nitrogen and oxygen atoms in total. The fourth-order valence-corrected chi connectivity index (χ4v) is 2.54. The molecule has 0 atom stereocenters. The quantitative estimate of drug-likeness (QED) is 0.339. The Kier molecular flexibility index (Phi) is 12.6. The molecule has 0 aliphatic heterocycles. The number of hydrogen-bond donors (Lipinski definition) is 0. The molecule has 0 aromatic carbocycles. The average Bonchev–Trinajstić information content (AvgIpc) is 3.17. The molecule has 10 radical (unpaired) electrons. The molecule has 0 spiro atoms.